The number of para-hydroxylation sites is 1. The fraction of sp³-hybridized carbons (Fsp3) is 0.250. The minimum atomic E-state index is -0.511. The molecule has 2 aromatic rings. The van der Waals surface area contributed by atoms with Crippen LogP contribution < -0.4 is 10.1 Å². The molecule has 0 saturated carbocycles. The number of benzene rings is 2. The van der Waals surface area contributed by atoms with Crippen molar-refractivity contribution in [3.63, 3.8) is 0 Å². The largest absolute Gasteiger partial charge is 0.493 e. The number of carbonyl (C=O) groups is 3. The van der Waals surface area contributed by atoms with Gasteiger partial charge in [-0.15, -0.1) is 0 Å². The number of hydrogen-bond acceptors (Lipinski definition) is 6. The van der Waals surface area contributed by atoms with Crippen LogP contribution in [0.4, 0.5) is 0 Å². The lowest BCUT2D eigenvalue weighted by molar-refractivity contribution is -0.149. The molecule has 0 aliphatic rings. The molecule has 0 saturated heterocycles. The predicted octanol–water partition coefficient (Wildman–Crippen LogP) is 2.10. The van der Waals surface area contributed by atoms with E-state index < -0.39 is 17.8 Å². The Labute approximate surface area is 157 Å². The number of amides is 1. The smallest absolute Gasteiger partial charge is 0.337 e. The first-order valence-corrected chi connectivity index (χ1v) is 8.36. The molecular weight excluding hydrogens is 350 g/mol. The van der Waals surface area contributed by atoms with Crippen molar-refractivity contribution in [2.24, 2.45) is 0 Å². The van der Waals surface area contributed by atoms with E-state index in [0.29, 0.717) is 11.3 Å². The average Bonchev–Trinajstić information content (AvgIpc) is 2.71. The van der Waals surface area contributed by atoms with E-state index in [1.165, 1.54) is 7.11 Å². The average molecular weight is 371 g/mol. The van der Waals surface area contributed by atoms with Crippen molar-refractivity contribution in [2.45, 2.75) is 13.0 Å². The molecule has 0 aliphatic carbocycles. The van der Waals surface area contributed by atoms with Gasteiger partial charge in [0.25, 0.3) is 5.91 Å². The zero-order chi connectivity index (χ0) is 19.5. The highest BCUT2D eigenvalue weighted by Crippen LogP contribution is 2.08. The Hall–Kier alpha value is -3.35. The van der Waals surface area contributed by atoms with E-state index in [1.807, 2.05) is 18.2 Å². The highest BCUT2D eigenvalue weighted by Gasteiger charge is 2.09. The van der Waals surface area contributed by atoms with Crippen molar-refractivity contribution in [1.82, 2.24) is 5.32 Å². The molecule has 2 aromatic carbocycles. The Kier molecular flexibility index (Phi) is 7.84. The fourth-order valence-electron chi connectivity index (χ4n) is 2.12. The maximum atomic E-state index is 11.7. The Morgan fingerprint density at radius 3 is 2.33 bits per heavy atom. The van der Waals surface area contributed by atoms with E-state index in [0.717, 1.165) is 5.56 Å². The monoisotopic (exact) mass is 371 g/mol. The van der Waals surface area contributed by atoms with E-state index in [2.05, 4.69) is 10.1 Å². The van der Waals surface area contributed by atoms with Gasteiger partial charge in [0.15, 0.2) is 6.61 Å². The first kappa shape index (κ1) is 20.0. The first-order valence-electron chi connectivity index (χ1n) is 8.36. The predicted molar refractivity (Wildman–Crippen MR) is 97.1 cm³/mol. The van der Waals surface area contributed by atoms with Gasteiger partial charge in [-0.25, -0.2) is 4.79 Å². The number of rotatable bonds is 9. The Morgan fingerprint density at radius 1 is 0.963 bits per heavy atom. The number of ether oxygens (including phenoxy) is 3. The Bertz CT molecular complexity index is 758. The summed E-state index contributed by atoms with van der Waals surface area (Å²) < 4.78 is 14.9. The summed E-state index contributed by atoms with van der Waals surface area (Å²) >= 11 is 0. The normalized spacial score (nSPS) is 9.96. The second-order valence-electron chi connectivity index (χ2n) is 5.54. The first-order chi connectivity index (χ1) is 13.1. The van der Waals surface area contributed by atoms with Gasteiger partial charge in [0, 0.05) is 6.54 Å². The lowest BCUT2D eigenvalue weighted by Gasteiger charge is -2.08. The van der Waals surface area contributed by atoms with Crippen LogP contribution in [0.3, 0.4) is 0 Å². The van der Waals surface area contributed by atoms with Gasteiger partial charge in [-0.1, -0.05) is 30.3 Å². The van der Waals surface area contributed by atoms with Crippen molar-refractivity contribution >= 4 is 17.8 Å². The third kappa shape index (κ3) is 7.19. The SMILES string of the molecule is COC(=O)c1ccc(CNC(=O)COC(=O)CCOc2ccccc2)cc1. The van der Waals surface area contributed by atoms with Crippen LogP contribution in [0, 0.1) is 0 Å². The molecule has 7 heteroatoms. The number of nitrogens with one attached hydrogen (secondary N) is 1. The van der Waals surface area contributed by atoms with Crippen LogP contribution in [0.1, 0.15) is 22.3 Å². The molecule has 1 amide bonds. The standard InChI is InChI=1S/C20H21NO6/c1-25-20(24)16-9-7-15(8-10-16)13-21-18(22)14-27-19(23)11-12-26-17-5-3-2-4-6-17/h2-10H,11-14H2,1H3,(H,21,22). The van der Waals surface area contributed by atoms with E-state index in [-0.39, 0.29) is 26.2 Å². The Balaban J connectivity index is 1.62. The maximum absolute atomic E-state index is 11.7. The molecule has 0 fully saturated rings. The topological polar surface area (TPSA) is 90.9 Å². The number of hydrogen-bond donors (Lipinski definition) is 1. The van der Waals surface area contributed by atoms with Crippen LogP contribution in [0.15, 0.2) is 54.6 Å². The Morgan fingerprint density at radius 2 is 1.67 bits per heavy atom. The summed E-state index contributed by atoms with van der Waals surface area (Å²) in [5, 5.41) is 2.64. The maximum Gasteiger partial charge on any atom is 0.337 e. The fourth-order valence-corrected chi connectivity index (χ4v) is 2.12. The molecule has 2 rings (SSSR count). The van der Waals surface area contributed by atoms with Gasteiger partial charge < -0.3 is 19.5 Å². The summed E-state index contributed by atoms with van der Waals surface area (Å²) in [7, 11) is 1.31. The van der Waals surface area contributed by atoms with E-state index in [4.69, 9.17) is 9.47 Å². The van der Waals surface area contributed by atoms with E-state index in [9.17, 15) is 14.4 Å². The summed E-state index contributed by atoms with van der Waals surface area (Å²) in [6.07, 6.45) is 0.0527. The second kappa shape index (κ2) is 10.6. The van der Waals surface area contributed by atoms with Crippen molar-refractivity contribution < 1.29 is 28.6 Å². The van der Waals surface area contributed by atoms with Gasteiger partial charge in [-0.3, -0.25) is 9.59 Å². The zero-order valence-corrected chi connectivity index (χ0v) is 15.0. The summed E-state index contributed by atoms with van der Waals surface area (Å²) in [5.74, 6) is -0.678. The highest BCUT2D eigenvalue weighted by molar-refractivity contribution is 5.89. The molecule has 0 unspecified atom stereocenters. The molecular formula is C20H21NO6. The van der Waals surface area contributed by atoms with Crippen molar-refractivity contribution in [3.05, 3.63) is 65.7 Å². The molecule has 7 nitrogen and oxygen atoms in total. The molecule has 142 valence electrons. The van der Waals surface area contributed by atoms with Crippen molar-refractivity contribution in [2.75, 3.05) is 20.3 Å². The minimum absolute atomic E-state index is 0.0527. The highest BCUT2D eigenvalue weighted by atomic mass is 16.5. The lowest BCUT2D eigenvalue weighted by Crippen LogP contribution is -2.28. The van der Waals surface area contributed by atoms with Crippen molar-refractivity contribution in [1.29, 1.82) is 0 Å². The molecule has 0 spiro atoms. The minimum Gasteiger partial charge on any atom is -0.493 e. The summed E-state index contributed by atoms with van der Waals surface area (Å²) in [6.45, 7) is 0.0797. The van der Waals surface area contributed by atoms with Crippen LogP contribution in [0.2, 0.25) is 0 Å². The van der Waals surface area contributed by atoms with E-state index >= 15 is 0 Å². The summed E-state index contributed by atoms with van der Waals surface area (Å²) in [6, 6.07) is 15.8. The molecule has 1 N–H and O–H groups in total. The quantitative estimate of drug-likeness (QED) is 0.679. The number of carbonyl (C=O) groups excluding carboxylic acids is 3. The van der Waals surface area contributed by atoms with E-state index in [1.54, 1.807) is 36.4 Å². The van der Waals surface area contributed by atoms with Gasteiger partial charge in [0.05, 0.1) is 25.7 Å². The third-order valence-corrected chi connectivity index (χ3v) is 3.55. The summed E-state index contributed by atoms with van der Waals surface area (Å²) in [5.41, 5.74) is 1.23. The zero-order valence-electron chi connectivity index (χ0n) is 15.0. The molecule has 0 heterocycles. The lowest BCUT2D eigenvalue weighted by atomic mass is 10.1. The van der Waals surface area contributed by atoms with Crippen LogP contribution >= 0.6 is 0 Å². The third-order valence-electron chi connectivity index (χ3n) is 3.55. The van der Waals surface area contributed by atoms with Gasteiger partial charge in [-0.05, 0) is 29.8 Å². The van der Waals surface area contributed by atoms with Gasteiger partial charge >= 0.3 is 11.9 Å². The molecule has 0 aromatic heterocycles. The van der Waals surface area contributed by atoms with Crippen LogP contribution in [-0.2, 0) is 25.6 Å². The second-order valence-corrected chi connectivity index (χ2v) is 5.54. The van der Waals surface area contributed by atoms with Crippen LogP contribution in [0.25, 0.3) is 0 Å². The van der Waals surface area contributed by atoms with Gasteiger partial charge in [0.1, 0.15) is 5.75 Å². The molecule has 0 aliphatic heterocycles. The summed E-state index contributed by atoms with van der Waals surface area (Å²) in [4.78, 5) is 34.7. The van der Waals surface area contributed by atoms with Gasteiger partial charge in [-0.2, -0.15) is 0 Å². The number of esters is 2. The van der Waals surface area contributed by atoms with Crippen LogP contribution in [-0.4, -0.2) is 38.2 Å². The van der Waals surface area contributed by atoms with Crippen LogP contribution in [0.5, 0.6) is 5.75 Å². The molecule has 0 bridgehead atoms. The van der Waals surface area contributed by atoms with Gasteiger partial charge in [0.2, 0.25) is 0 Å². The molecule has 0 radical (unpaired) electrons. The number of methoxy groups -OCH3 is 1. The van der Waals surface area contributed by atoms with Crippen molar-refractivity contribution in [3.8, 4) is 5.75 Å². The molecule has 0 atom stereocenters. The molecule has 27 heavy (non-hydrogen) atoms.